The van der Waals surface area contributed by atoms with Gasteiger partial charge in [0.25, 0.3) is 0 Å². The first-order valence-electron chi connectivity index (χ1n) is 6.14. The van der Waals surface area contributed by atoms with Crippen LogP contribution < -0.4 is 0 Å². The number of hydrogen-bond acceptors (Lipinski definition) is 2. The molecule has 0 saturated heterocycles. The van der Waals surface area contributed by atoms with Crippen molar-refractivity contribution in [3.05, 3.63) is 18.0 Å². The molecule has 0 radical (unpaired) electrons. The average Bonchev–Trinajstić information content (AvgIpc) is 2.57. The van der Waals surface area contributed by atoms with Gasteiger partial charge in [-0.05, 0) is 24.3 Å². The summed E-state index contributed by atoms with van der Waals surface area (Å²) in [5, 5.41) is 15.2. The monoisotopic (exact) mass is 222 g/mol. The number of aryl methyl sites for hydroxylation is 1. The predicted octanol–water partition coefficient (Wildman–Crippen LogP) is 2.29. The van der Waals surface area contributed by atoms with Gasteiger partial charge in [-0.3, -0.25) is 4.68 Å². The molecule has 0 amide bonds. The number of hydrogen-bond donors (Lipinski definition) is 1. The minimum Gasteiger partial charge on any atom is -0.389 e. The van der Waals surface area contributed by atoms with Gasteiger partial charge >= 0.3 is 0 Å². The van der Waals surface area contributed by atoms with Gasteiger partial charge in [0.05, 0.1) is 11.3 Å². The fourth-order valence-corrected chi connectivity index (χ4v) is 2.74. The molecule has 1 heterocycles. The average molecular weight is 222 g/mol. The molecular weight excluding hydrogens is 200 g/mol. The van der Waals surface area contributed by atoms with Crippen LogP contribution in [0.5, 0.6) is 0 Å². The van der Waals surface area contributed by atoms with Crippen LogP contribution in [0.1, 0.15) is 45.2 Å². The molecule has 1 atom stereocenters. The van der Waals surface area contributed by atoms with Gasteiger partial charge in [0.15, 0.2) is 0 Å². The highest BCUT2D eigenvalue weighted by Gasteiger charge is 2.45. The molecule has 16 heavy (non-hydrogen) atoms. The van der Waals surface area contributed by atoms with Gasteiger partial charge in [-0.15, -0.1) is 0 Å². The summed E-state index contributed by atoms with van der Waals surface area (Å²) in [4.78, 5) is 0. The van der Waals surface area contributed by atoms with E-state index in [4.69, 9.17) is 0 Å². The lowest BCUT2D eigenvalue weighted by Crippen LogP contribution is -2.48. The summed E-state index contributed by atoms with van der Waals surface area (Å²) < 4.78 is 1.80. The van der Waals surface area contributed by atoms with E-state index in [1.54, 1.807) is 4.68 Å². The molecule has 90 valence electrons. The summed E-state index contributed by atoms with van der Waals surface area (Å²) in [6.45, 7) is 4.35. The lowest BCUT2D eigenvalue weighted by Gasteiger charge is -2.46. The van der Waals surface area contributed by atoms with Gasteiger partial charge < -0.3 is 5.11 Å². The summed E-state index contributed by atoms with van der Waals surface area (Å²) >= 11 is 0. The van der Waals surface area contributed by atoms with Gasteiger partial charge in [0.1, 0.15) is 0 Å². The van der Waals surface area contributed by atoms with E-state index in [0.717, 1.165) is 25.0 Å². The van der Waals surface area contributed by atoms with E-state index in [0.29, 0.717) is 6.42 Å². The number of aromatic nitrogens is 2. The van der Waals surface area contributed by atoms with Crippen LogP contribution >= 0.6 is 0 Å². The highest BCUT2D eigenvalue weighted by molar-refractivity contribution is 5.08. The highest BCUT2D eigenvalue weighted by Crippen LogP contribution is 2.45. The summed E-state index contributed by atoms with van der Waals surface area (Å²) in [7, 11) is 1.92. The Morgan fingerprint density at radius 3 is 2.62 bits per heavy atom. The zero-order valence-corrected chi connectivity index (χ0v) is 10.5. The Morgan fingerprint density at radius 1 is 1.38 bits per heavy atom. The van der Waals surface area contributed by atoms with Gasteiger partial charge in [-0.25, -0.2) is 0 Å². The molecule has 1 aliphatic rings. The predicted molar refractivity (Wildman–Crippen MR) is 64.1 cm³/mol. The molecule has 0 bridgehead atoms. The van der Waals surface area contributed by atoms with Gasteiger partial charge in [0.2, 0.25) is 0 Å². The van der Waals surface area contributed by atoms with E-state index in [1.165, 1.54) is 6.42 Å². The number of aliphatic hydroxyl groups is 1. The van der Waals surface area contributed by atoms with Crippen molar-refractivity contribution >= 4 is 0 Å². The van der Waals surface area contributed by atoms with Crippen molar-refractivity contribution < 1.29 is 5.11 Å². The molecule has 1 unspecified atom stereocenters. The van der Waals surface area contributed by atoms with Crippen molar-refractivity contribution in [3.8, 4) is 0 Å². The maximum atomic E-state index is 10.8. The Morgan fingerprint density at radius 2 is 2.06 bits per heavy atom. The van der Waals surface area contributed by atoms with Crippen LogP contribution in [0.3, 0.4) is 0 Å². The Balaban J connectivity index is 2.17. The SMILES string of the molecule is Cn1ccc(CC2(O)CCCCC2(C)C)n1. The summed E-state index contributed by atoms with van der Waals surface area (Å²) in [5.74, 6) is 0. The van der Waals surface area contributed by atoms with E-state index < -0.39 is 5.60 Å². The molecule has 3 heteroatoms. The van der Waals surface area contributed by atoms with Crippen molar-refractivity contribution in [2.24, 2.45) is 12.5 Å². The van der Waals surface area contributed by atoms with Crippen LogP contribution in [0.4, 0.5) is 0 Å². The smallest absolute Gasteiger partial charge is 0.0754 e. The molecule has 3 nitrogen and oxygen atoms in total. The van der Waals surface area contributed by atoms with E-state index in [2.05, 4.69) is 18.9 Å². The third kappa shape index (κ3) is 2.01. The van der Waals surface area contributed by atoms with Gasteiger partial charge in [-0.1, -0.05) is 26.7 Å². The summed E-state index contributed by atoms with van der Waals surface area (Å²) in [6.07, 6.45) is 6.99. The van der Waals surface area contributed by atoms with Crippen LogP contribution in [-0.4, -0.2) is 20.5 Å². The molecule has 0 aromatic carbocycles. The quantitative estimate of drug-likeness (QED) is 0.833. The summed E-state index contributed by atoms with van der Waals surface area (Å²) in [6, 6.07) is 2.00. The standard InChI is InChI=1S/C13H22N2O/c1-12(2)7-4-5-8-13(12,16)10-11-6-9-15(3)14-11/h6,9,16H,4-5,7-8,10H2,1-3H3. The second-order valence-electron chi connectivity index (χ2n) is 5.78. The highest BCUT2D eigenvalue weighted by atomic mass is 16.3. The van der Waals surface area contributed by atoms with Crippen LogP contribution in [0.15, 0.2) is 12.3 Å². The second-order valence-corrected chi connectivity index (χ2v) is 5.78. The van der Waals surface area contributed by atoms with E-state index in [-0.39, 0.29) is 5.41 Å². The maximum Gasteiger partial charge on any atom is 0.0754 e. The molecular formula is C13H22N2O. The van der Waals surface area contributed by atoms with Crippen LogP contribution in [0.25, 0.3) is 0 Å². The fourth-order valence-electron chi connectivity index (χ4n) is 2.74. The molecule has 1 aromatic rings. The topological polar surface area (TPSA) is 38.0 Å². The van der Waals surface area contributed by atoms with Crippen LogP contribution in [-0.2, 0) is 13.5 Å². The first-order valence-corrected chi connectivity index (χ1v) is 6.14. The van der Waals surface area contributed by atoms with Gasteiger partial charge in [0, 0.05) is 19.7 Å². The summed E-state index contributed by atoms with van der Waals surface area (Å²) in [5.41, 5.74) is 0.419. The second kappa shape index (κ2) is 3.88. The van der Waals surface area contributed by atoms with E-state index in [9.17, 15) is 5.11 Å². The molecule has 0 aliphatic heterocycles. The third-order valence-electron chi connectivity index (χ3n) is 4.14. The Bertz CT molecular complexity index is 370. The van der Waals surface area contributed by atoms with E-state index in [1.807, 2.05) is 19.3 Å². The largest absolute Gasteiger partial charge is 0.389 e. The normalized spacial score (nSPS) is 29.2. The molecule has 0 spiro atoms. The minimum atomic E-state index is -0.584. The van der Waals surface area contributed by atoms with Crippen molar-refractivity contribution in [3.63, 3.8) is 0 Å². The molecule has 1 saturated carbocycles. The first kappa shape index (κ1) is 11.6. The zero-order valence-electron chi connectivity index (χ0n) is 10.5. The number of rotatable bonds is 2. The van der Waals surface area contributed by atoms with Crippen LogP contribution in [0.2, 0.25) is 0 Å². The molecule has 1 fully saturated rings. The molecule has 1 aromatic heterocycles. The third-order valence-corrected chi connectivity index (χ3v) is 4.14. The Kier molecular flexibility index (Phi) is 2.82. The first-order chi connectivity index (χ1) is 7.43. The lowest BCUT2D eigenvalue weighted by atomic mass is 9.64. The van der Waals surface area contributed by atoms with E-state index >= 15 is 0 Å². The maximum absolute atomic E-state index is 10.8. The Labute approximate surface area is 97.5 Å². The van der Waals surface area contributed by atoms with Crippen molar-refractivity contribution in [1.82, 2.24) is 9.78 Å². The van der Waals surface area contributed by atoms with Gasteiger partial charge in [-0.2, -0.15) is 5.10 Å². The lowest BCUT2D eigenvalue weighted by molar-refractivity contribution is -0.0964. The fraction of sp³-hybridized carbons (Fsp3) is 0.769. The van der Waals surface area contributed by atoms with Crippen molar-refractivity contribution in [2.75, 3.05) is 0 Å². The molecule has 2 rings (SSSR count). The van der Waals surface area contributed by atoms with Crippen LogP contribution in [0, 0.1) is 5.41 Å². The zero-order chi connectivity index (χ0) is 11.8. The molecule has 1 aliphatic carbocycles. The minimum absolute atomic E-state index is 0.00275. The molecule has 1 N–H and O–H groups in total. The van der Waals surface area contributed by atoms with Crippen molar-refractivity contribution in [2.45, 2.75) is 51.6 Å². The number of nitrogens with zero attached hydrogens (tertiary/aromatic N) is 2. The van der Waals surface area contributed by atoms with Crippen molar-refractivity contribution in [1.29, 1.82) is 0 Å². The Hall–Kier alpha value is -0.830.